The van der Waals surface area contributed by atoms with Gasteiger partial charge in [-0.15, -0.1) is 24.0 Å². The van der Waals surface area contributed by atoms with Gasteiger partial charge >= 0.3 is 0 Å². The Hall–Kier alpha value is -1.07. The molecule has 1 saturated heterocycles. The zero-order valence-electron chi connectivity index (χ0n) is 17.7. The van der Waals surface area contributed by atoms with Crippen LogP contribution in [0.1, 0.15) is 37.8 Å². The average Bonchev–Trinajstić information content (AvgIpc) is 3.19. The minimum atomic E-state index is -2.93. The van der Waals surface area contributed by atoms with E-state index in [4.69, 9.17) is 9.73 Å². The molecule has 29 heavy (non-hydrogen) atoms. The largest absolute Gasteiger partial charge is 0.497 e. The summed E-state index contributed by atoms with van der Waals surface area (Å²) in [5.41, 5.74) is 1.21. The molecular formula is C20H35IN4O3S. The van der Waals surface area contributed by atoms with Crippen LogP contribution in [0.3, 0.4) is 0 Å². The third-order valence-corrected chi connectivity index (χ3v) is 5.84. The number of hydrogen-bond donors (Lipinski definition) is 2. The molecule has 0 aliphatic carbocycles. The van der Waals surface area contributed by atoms with Crippen LogP contribution in [0.15, 0.2) is 29.3 Å². The predicted molar refractivity (Wildman–Crippen MR) is 130 cm³/mol. The maximum Gasteiger partial charge on any atom is 0.191 e. The molecular weight excluding hydrogens is 503 g/mol. The molecule has 1 aromatic carbocycles. The van der Waals surface area contributed by atoms with Crippen molar-refractivity contribution in [1.82, 2.24) is 15.5 Å². The van der Waals surface area contributed by atoms with Crippen molar-refractivity contribution in [2.45, 2.75) is 32.2 Å². The van der Waals surface area contributed by atoms with Gasteiger partial charge in [0.1, 0.15) is 15.6 Å². The molecule has 0 spiro atoms. The highest BCUT2D eigenvalue weighted by molar-refractivity contribution is 14.0. The average molecular weight is 538 g/mol. The van der Waals surface area contributed by atoms with E-state index in [2.05, 4.69) is 27.7 Å². The Morgan fingerprint density at radius 3 is 2.62 bits per heavy atom. The Bertz CT molecular complexity index is 737. The fourth-order valence-corrected chi connectivity index (χ4v) is 4.06. The fourth-order valence-electron chi connectivity index (χ4n) is 3.39. The molecule has 1 unspecified atom stereocenters. The number of benzene rings is 1. The molecule has 0 bridgehead atoms. The third-order valence-electron chi connectivity index (χ3n) is 4.81. The standard InChI is InChI=1S/C20H34N4O3S.HI/c1-4-21-20(22-11-8-14-28(3,25)26)23-16-19(24-12-5-6-13-24)17-9-7-10-18(15-17)27-2;/h7,9-10,15,19H,4-6,8,11-14,16H2,1-3H3,(H2,21,22,23);1H. The molecule has 166 valence electrons. The number of nitrogens with one attached hydrogen (secondary N) is 2. The number of halogens is 1. The summed E-state index contributed by atoms with van der Waals surface area (Å²) < 4.78 is 28.0. The molecule has 1 heterocycles. The van der Waals surface area contributed by atoms with Gasteiger partial charge in [0, 0.05) is 19.3 Å². The molecule has 7 nitrogen and oxygen atoms in total. The van der Waals surface area contributed by atoms with Crippen molar-refractivity contribution >= 4 is 39.8 Å². The minimum Gasteiger partial charge on any atom is -0.497 e. The van der Waals surface area contributed by atoms with Gasteiger partial charge in [-0.2, -0.15) is 0 Å². The number of nitrogens with zero attached hydrogens (tertiary/aromatic N) is 2. The lowest BCUT2D eigenvalue weighted by molar-refractivity contribution is 0.251. The van der Waals surface area contributed by atoms with Gasteiger partial charge in [0.15, 0.2) is 5.96 Å². The van der Waals surface area contributed by atoms with E-state index < -0.39 is 9.84 Å². The summed E-state index contributed by atoms with van der Waals surface area (Å²) >= 11 is 0. The Balaban J connectivity index is 0.00000420. The van der Waals surface area contributed by atoms with Crippen molar-refractivity contribution in [2.24, 2.45) is 4.99 Å². The first-order valence-corrected chi connectivity index (χ1v) is 12.1. The van der Waals surface area contributed by atoms with Gasteiger partial charge in [0.2, 0.25) is 0 Å². The summed E-state index contributed by atoms with van der Waals surface area (Å²) in [6.45, 7) is 6.14. The van der Waals surface area contributed by atoms with Crippen LogP contribution >= 0.6 is 24.0 Å². The summed E-state index contributed by atoms with van der Waals surface area (Å²) in [5.74, 6) is 1.76. The highest BCUT2D eigenvalue weighted by atomic mass is 127. The van der Waals surface area contributed by atoms with Gasteiger partial charge in [0.25, 0.3) is 0 Å². The van der Waals surface area contributed by atoms with Crippen molar-refractivity contribution in [3.8, 4) is 5.75 Å². The predicted octanol–water partition coefficient (Wildman–Crippen LogP) is 2.44. The summed E-state index contributed by atoms with van der Waals surface area (Å²) in [6.07, 6.45) is 4.26. The zero-order valence-corrected chi connectivity index (χ0v) is 20.8. The first-order valence-electron chi connectivity index (χ1n) is 10.0. The number of likely N-dealkylation sites (tertiary alicyclic amines) is 1. The molecule has 1 aromatic rings. The Morgan fingerprint density at radius 1 is 1.28 bits per heavy atom. The Labute approximate surface area is 192 Å². The van der Waals surface area contributed by atoms with E-state index in [0.29, 0.717) is 19.5 Å². The monoisotopic (exact) mass is 538 g/mol. The van der Waals surface area contributed by atoms with E-state index in [1.165, 1.54) is 24.7 Å². The summed E-state index contributed by atoms with van der Waals surface area (Å²) in [5, 5.41) is 6.49. The molecule has 1 fully saturated rings. The van der Waals surface area contributed by atoms with Gasteiger partial charge in [-0.1, -0.05) is 12.1 Å². The first-order chi connectivity index (χ1) is 13.4. The zero-order chi connectivity index (χ0) is 20.4. The second kappa shape index (κ2) is 13.3. The molecule has 0 amide bonds. The van der Waals surface area contributed by atoms with Crippen LogP contribution in [0.4, 0.5) is 0 Å². The van der Waals surface area contributed by atoms with Crippen LogP contribution in [0.2, 0.25) is 0 Å². The quantitative estimate of drug-likeness (QED) is 0.206. The number of methoxy groups -OCH3 is 1. The van der Waals surface area contributed by atoms with Crippen molar-refractivity contribution < 1.29 is 13.2 Å². The van der Waals surface area contributed by atoms with Gasteiger partial charge in [-0.3, -0.25) is 9.89 Å². The normalized spacial score (nSPS) is 16.2. The number of sulfone groups is 1. The fraction of sp³-hybridized carbons (Fsp3) is 0.650. The summed E-state index contributed by atoms with van der Waals surface area (Å²) in [7, 11) is -1.25. The van der Waals surface area contributed by atoms with Crippen LogP contribution in [-0.2, 0) is 9.84 Å². The van der Waals surface area contributed by atoms with Crippen molar-refractivity contribution in [3.05, 3.63) is 29.8 Å². The number of aliphatic imine (C=N–C) groups is 1. The highest BCUT2D eigenvalue weighted by Crippen LogP contribution is 2.27. The lowest BCUT2D eigenvalue weighted by atomic mass is 10.1. The Kier molecular flexibility index (Phi) is 11.9. The summed E-state index contributed by atoms with van der Waals surface area (Å²) in [6, 6.07) is 8.40. The van der Waals surface area contributed by atoms with Crippen molar-refractivity contribution in [3.63, 3.8) is 0 Å². The van der Waals surface area contributed by atoms with Gasteiger partial charge in [0.05, 0.1) is 25.4 Å². The molecule has 9 heteroatoms. The van der Waals surface area contributed by atoms with Crippen molar-refractivity contribution in [2.75, 3.05) is 51.8 Å². The first kappa shape index (κ1) is 26.0. The van der Waals surface area contributed by atoms with Crippen LogP contribution in [0.25, 0.3) is 0 Å². The van der Waals surface area contributed by atoms with Crippen molar-refractivity contribution in [1.29, 1.82) is 0 Å². The smallest absolute Gasteiger partial charge is 0.191 e. The molecule has 0 radical (unpaired) electrons. The molecule has 0 saturated carbocycles. The van der Waals surface area contributed by atoms with Crippen LogP contribution in [-0.4, -0.2) is 71.1 Å². The minimum absolute atomic E-state index is 0. The molecule has 2 rings (SSSR count). The van der Waals surface area contributed by atoms with Crippen LogP contribution in [0.5, 0.6) is 5.75 Å². The second-order valence-corrected chi connectivity index (χ2v) is 9.43. The lowest BCUT2D eigenvalue weighted by Crippen LogP contribution is -2.39. The van der Waals surface area contributed by atoms with E-state index in [1.807, 2.05) is 19.1 Å². The van der Waals surface area contributed by atoms with Gasteiger partial charge in [-0.05, 0) is 57.0 Å². The lowest BCUT2D eigenvalue weighted by Gasteiger charge is -2.27. The topological polar surface area (TPSA) is 83.0 Å². The second-order valence-electron chi connectivity index (χ2n) is 7.17. The number of hydrogen-bond acceptors (Lipinski definition) is 5. The maximum atomic E-state index is 11.3. The number of rotatable bonds is 10. The SMILES string of the molecule is CCNC(=NCC(c1cccc(OC)c1)N1CCCC1)NCCCS(C)(=O)=O.I. The number of ether oxygens (including phenoxy) is 1. The van der Waals surface area contributed by atoms with E-state index in [0.717, 1.165) is 31.3 Å². The molecule has 2 N–H and O–H groups in total. The highest BCUT2D eigenvalue weighted by Gasteiger charge is 2.23. The summed E-state index contributed by atoms with van der Waals surface area (Å²) in [4.78, 5) is 7.26. The van der Waals surface area contributed by atoms with E-state index >= 15 is 0 Å². The third kappa shape index (κ3) is 9.52. The van der Waals surface area contributed by atoms with E-state index in [9.17, 15) is 8.42 Å². The Morgan fingerprint density at radius 2 is 2.00 bits per heavy atom. The van der Waals surface area contributed by atoms with Crippen LogP contribution < -0.4 is 15.4 Å². The van der Waals surface area contributed by atoms with E-state index in [-0.39, 0.29) is 35.8 Å². The van der Waals surface area contributed by atoms with Crippen LogP contribution in [0, 0.1) is 0 Å². The number of guanidine groups is 1. The molecule has 0 aromatic heterocycles. The maximum absolute atomic E-state index is 11.3. The molecule has 1 aliphatic heterocycles. The molecule has 1 atom stereocenters. The van der Waals surface area contributed by atoms with E-state index in [1.54, 1.807) is 7.11 Å². The van der Waals surface area contributed by atoms with Gasteiger partial charge in [-0.25, -0.2) is 8.42 Å². The molecule has 1 aliphatic rings. The van der Waals surface area contributed by atoms with Gasteiger partial charge < -0.3 is 15.4 Å².